The van der Waals surface area contributed by atoms with Crippen LogP contribution < -0.4 is 10.1 Å². The first-order valence-corrected chi connectivity index (χ1v) is 6.41. The summed E-state index contributed by atoms with van der Waals surface area (Å²) in [4.78, 5) is 12.8. The van der Waals surface area contributed by atoms with Crippen LogP contribution in [0.5, 0.6) is 5.75 Å². The normalized spacial score (nSPS) is 10.4. The predicted molar refractivity (Wildman–Crippen MR) is 72.5 cm³/mol. The number of carbonyl (C=O) groups is 1. The first kappa shape index (κ1) is 16.4. The van der Waals surface area contributed by atoms with Gasteiger partial charge in [0.25, 0.3) is 0 Å². The van der Waals surface area contributed by atoms with Crippen LogP contribution in [0.3, 0.4) is 0 Å². The lowest BCUT2D eigenvalue weighted by Gasteiger charge is -2.12. The van der Waals surface area contributed by atoms with Gasteiger partial charge < -0.3 is 15.0 Å². The second kappa shape index (κ2) is 7.79. The number of nitrogens with zero attached hydrogens (tertiary/aromatic N) is 1. The van der Waals surface area contributed by atoms with Crippen molar-refractivity contribution >= 4 is 5.91 Å². The van der Waals surface area contributed by atoms with Crippen LogP contribution in [0.2, 0.25) is 0 Å². The molecule has 1 aromatic rings. The van der Waals surface area contributed by atoms with Gasteiger partial charge in [0, 0.05) is 27.1 Å². The molecule has 0 fully saturated rings. The molecule has 20 heavy (non-hydrogen) atoms. The summed E-state index contributed by atoms with van der Waals surface area (Å²) in [5.74, 6) is -1.88. The van der Waals surface area contributed by atoms with Crippen LogP contribution in [0.4, 0.5) is 8.78 Å². The van der Waals surface area contributed by atoms with Crippen molar-refractivity contribution in [2.24, 2.45) is 0 Å². The molecule has 0 aliphatic carbocycles. The number of rotatable bonds is 7. The second-order valence-electron chi connectivity index (χ2n) is 4.66. The molecule has 4 nitrogen and oxygen atoms in total. The minimum atomic E-state index is -0.728. The van der Waals surface area contributed by atoms with E-state index >= 15 is 0 Å². The van der Waals surface area contributed by atoms with E-state index in [-0.39, 0.29) is 24.7 Å². The van der Waals surface area contributed by atoms with Gasteiger partial charge in [-0.1, -0.05) is 0 Å². The zero-order valence-electron chi connectivity index (χ0n) is 12.0. The van der Waals surface area contributed by atoms with E-state index in [1.807, 2.05) is 0 Å². The fourth-order valence-corrected chi connectivity index (χ4v) is 1.68. The molecule has 112 valence electrons. The maximum Gasteiger partial charge on any atom is 0.222 e. The molecule has 0 saturated heterocycles. The Kier molecular flexibility index (Phi) is 6.38. The van der Waals surface area contributed by atoms with Gasteiger partial charge in [-0.25, -0.2) is 8.78 Å². The van der Waals surface area contributed by atoms with Crippen LogP contribution >= 0.6 is 0 Å². The van der Waals surface area contributed by atoms with Crippen molar-refractivity contribution in [3.05, 3.63) is 29.3 Å². The average molecular weight is 286 g/mol. The van der Waals surface area contributed by atoms with Gasteiger partial charge in [0.2, 0.25) is 5.91 Å². The molecule has 0 aromatic heterocycles. The van der Waals surface area contributed by atoms with Crippen LogP contribution in [0.25, 0.3) is 0 Å². The highest BCUT2D eigenvalue weighted by Crippen LogP contribution is 2.23. The number of halogens is 2. The predicted octanol–water partition coefficient (Wildman–Crippen LogP) is 1.93. The van der Waals surface area contributed by atoms with E-state index in [9.17, 15) is 13.6 Å². The van der Waals surface area contributed by atoms with Crippen molar-refractivity contribution in [3.63, 3.8) is 0 Å². The molecule has 0 radical (unpaired) electrons. The molecule has 1 aromatic carbocycles. The SMILES string of the molecule is CNCc1cc(F)c(OCCCC(=O)N(C)C)c(F)c1. The van der Waals surface area contributed by atoms with Gasteiger partial charge >= 0.3 is 0 Å². The molecule has 6 heteroatoms. The van der Waals surface area contributed by atoms with Gasteiger partial charge in [0.15, 0.2) is 17.4 Å². The number of carbonyl (C=O) groups excluding carboxylic acids is 1. The fourth-order valence-electron chi connectivity index (χ4n) is 1.68. The average Bonchev–Trinajstić information content (AvgIpc) is 2.36. The standard InChI is InChI=1S/C14H20F2N2O2/c1-17-9-10-7-11(15)14(12(16)8-10)20-6-4-5-13(19)18(2)3/h7-8,17H,4-6,9H2,1-3H3. The Morgan fingerprint density at radius 3 is 2.40 bits per heavy atom. The molecule has 0 unspecified atom stereocenters. The third-order valence-electron chi connectivity index (χ3n) is 2.72. The molecule has 0 bridgehead atoms. The van der Waals surface area contributed by atoms with Crippen molar-refractivity contribution in [1.82, 2.24) is 10.2 Å². The maximum absolute atomic E-state index is 13.7. The molecule has 0 spiro atoms. The van der Waals surface area contributed by atoms with E-state index in [0.717, 1.165) is 0 Å². The molecule has 1 N–H and O–H groups in total. The van der Waals surface area contributed by atoms with Crippen molar-refractivity contribution in [2.45, 2.75) is 19.4 Å². The molecule has 0 saturated carbocycles. The Bertz CT molecular complexity index is 441. The van der Waals surface area contributed by atoms with Crippen molar-refractivity contribution in [1.29, 1.82) is 0 Å². The Balaban J connectivity index is 2.54. The largest absolute Gasteiger partial charge is 0.488 e. The Labute approximate surface area is 117 Å². The van der Waals surface area contributed by atoms with E-state index in [1.54, 1.807) is 21.1 Å². The molecular formula is C14H20F2N2O2. The van der Waals surface area contributed by atoms with Crippen LogP contribution in [-0.2, 0) is 11.3 Å². The first-order chi connectivity index (χ1) is 9.45. The van der Waals surface area contributed by atoms with E-state index in [1.165, 1.54) is 17.0 Å². The van der Waals surface area contributed by atoms with Crippen LogP contribution in [0.15, 0.2) is 12.1 Å². The first-order valence-electron chi connectivity index (χ1n) is 6.41. The minimum absolute atomic E-state index is 0.0427. The number of amides is 1. The molecule has 0 atom stereocenters. The van der Waals surface area contributed by atoms with Crippen LogP contribution in [-0.4, -0.2) is 38.6 Å². The zero-order valence-corrected chi connectivity index (χ0v) is 12.0. The highest BCUT2D eigenvalue weighted by molar-refractivity contribution is 5.75. The molecule has 0 heterocycles. The van der Waals surface area contributed by atoms with E-state index < -0.39 is 11.6 Å². The monoisotopic (exact) mass is 286 g/mol. The Morgan fingerprint density at radius 1 is 1.30 bits per heavy atom. The lowest BCUT2D eigenvalue weighted by molar-refractivity contribution is -0.128. The topological polar surface area (TPSA) is 41.6 Å². The number of hydrogen-bond donors (Lipinski definition) is 1. The van der Waals surface area contributed by atoms with Gasteiger partial charge in [0.05, 0.1) is 6.61 Å². The van der Waals surface area contributed by atoms with E-state index in [0.29, 0.717) is 18.5 Å². The summed E-state index contributed by atoms with van der Waals surface area (Å²) in [5, 5.41) is 2.82. The third kappa shape index (κ3) is 4.77. The molecule has 0 aliphatic heterocycles. The summed E-state index contributed by atoms with van der Waals surface area (Å²) in [6, 6.07) is 2.47. The highest BCUT2D eigenvalue weighted by Gasteiger charge is 2.13. The van der Waals surface area contributed by atoms with Gasteiger partial charge in [-0.15, -0.1) is 0 Å². The van der Waals surface area contributed by atoms with Gasteiger partial charge in [-0.05, 0) is 31.2 Å². The summed E-state index contributed by atoms with van der Waals surface area (Å²) in [6.07, 6.45) is 0.697. The summed E-state index contributed by atoms with van der Waals surface area (Å²) < 4.78 is 32.5. The number of ether oxygens (including phenoxy) is 1. The lowest BCUT2D eigenvalue weighted by atomic mass is 10.2. The Hall–Kier alpha value is -1.69. The van der Waals surface area contributed by atoms with Crippen molar-refractivity contribution in [3.8, 4) is 5.75 Å². The summed E-state index contributed by atoms with van der Waals surface area (Å²) >= 11 is 0. The Morgan fingerprint density at radius 2 is 1.90 bits per heavy atom. The van der Waals surface area contributed by atoms with Crippen molar-refractivity contribution in [2.75, 3.05) is 27.7 Å². The highest BCUT2D eigenvalue weighted by atomic mass is 19.1. The molecular weight excluding hydrogens is 266 g/mol. The molecule has 1 amide bonds. The van der Waals surface area contributed by atoms with Gasteiger partial charge in [-0.3, -0.25) is 4.79 Å². The van der Waals surface area contributed by atoms with Crippen LogP contribution in [0, 0.1) is 11.6 Å². The smallest absolute Gasteiger partial charge is 0.222 e. The van der Waals surface area contributed by atoms with E-state index in [4.69, 9.17) is 4.74 Å². The minimum Gasteiger partial charge on any atom is -0.488 e. The number of benzene rings is 1. The maximum atomic E-state index is 13.7. The zero-order chi connectivity index (χ0) is 15.1. The van der Waals surface area contributed by atoms with Gasteiger partial charge in [-0.2, -0.15) is 0 Å². The lowest BCUT2D eigenvalue weighted by Crippen LogP contribution is -2.21. The number of hydrogen-bond acceptors (Lipinski definition) is 3. The summed E-state index contributed by atoms with van der Waals surface area (Å²) in [5.41, 5.74) is 0.512. The third-order valence-corrected chi connectivity index (χ3v) is 2.72. The van der Waals surface area contributed by atoms with Crippen molar-refractivity contribution < 1.29 is 18.3 Å². The second-order valence-corrected chi connectivity index (χ2v) is 4.66. The van der Waals surface area contributed by atoms with Gasteiger partial charge in [0.1, 0.15) is 0 Å². The summed E-state index contributed by atoms with van der Waals surface area (Å²) in [7, 11) is 5.01. The van der Waals surface area contributed by atoms with E-state index in [2.05, 4.69) is 5.32 Å². The molecule has 0 aliphatic rings. The molecule has 1 rings (SSSR count). The quantitative estimate of drug-likeness (QED) is 0.779. The summed E-state index contributed by atoms with van der Waals surface area (Å²) in [6.45, 7) is 0.476. The van der Waals surface area contributed by atoms with Crippen LogP contribution in [0.1, 0.15) is 18.4 Å². The number of nitrogens with one attached hydrogen (secondary N) is 1. The fraction of sp³-hybridized carbons (Fsp3) is 0.500.